The third kappa shape index (κ3) is 3.40. The molecular formula is C21H14F4N4O2. The molecule has 2 atom stereocenters. The second-order valence-corrected chi connectivity index (χ2v) is 7.18. The number of nitrogens with one attached hydrogen (secondary N) is 1. The lowest BCUT2D eigenvalue weighted by molar-refractivity contribution is -0.174. The molecule has 2 aliphatic rings. The van der Waals surface area contributed by atoms with Gasteiger partial charge in [0.25, 0.3) is 0 Å². The smallest absolute Gasteiger partial charge is 0.455 e. The summed E-state index contributed by atoms with van der Waals surface area (Å²) < 4.78 is 59.1. The summed E-state index contributed by atoms with van der Waals surface area (Å²) in [5, 5.41) is 21.1. The van der Waals surface area contributed by atoms with Crippen molar-refractivity contribution in [2.24, 2.45) is 0 Å². The molecule has 0 spiro atoms. The first-order chi connectivity index (χ1) is 14.8. The zero-order chi connectivity index (χ0) is 22.3. The Hall–Kier alpha value is -3.79. The second kappa shape index (κ2) is 7.47. The number of carbonyl (C=O) groups excluding carboxylic acids is 1. The van der Waals surface area contributed by atoms with Crippen LogP contribution in [0, 0.1) is 28.5 Å². The Morgan fingerprint density at radius 3 is 2.55 bits per heavy atom. The minimum Gasteiger partial charge on any atom is -0.455 e. The molecule has 2 aliphatic heterocycles. The van der Waals surface area contributed by atoms with Gasteiger partial charge in [0.2, 0.25) is 0 Å². The molecule has 0 aliphatic carbocycles. The van der Waals surface area contributed by atoms with E-state index in [-0.39, 0.29) is 29.2 Å². The van der Waals surface area contributed by atoms with Gasteiger partial charge in [-0.3, -0.25) is 4.79 Å². The molecule has 31 heavy (non-hydrogen) atoms. The van der Waals surface area contributed by atoms with Gasteiger partial charge in [-0.1, -0.05) is 18.2 Å². The van der Waals surface area contributed by atoms with Gasteiger partial charge in [0.15, 0.2) is 5.75 Å². The van der Waals surface area contributed by atoms with Crippen LogP contribution < -0.4 is 15.0 Å². The van der Waals surface area contributed by atoms with E-state index < -0.39 is 35.5 Å². The Kier molecular flexibility index (Phi) is 4.94. The van der Waals surface area contributed by atoms with Gasteiger partial charge in [0, 0.05) is 18.2 Å². The van der Waals surface area contributed by atoms with Crippen molar-refractivity contribution in [2.45, 2.75) is 31.1 Å². The summed E-state index contributed by atoms with van der Waals surface area (Å²) in [6, 6.07) is 9.24. The average molecular weight is 430 g/mol. The highest BCUT2D eigenvalue weighted by Crippen LogP contribution is 2.50. The molecule has 158 valence electrons. The number of rotatable bonds is 1. The van der Waals surface area contributed by atoms with Crippen LogP contribution in [0.2, 0.25) is 0 Å². The van der Waals surface area contributed by atoms with E-state index in [1.54, 1.807) is 35.2 Å². The predicted molar refractivity (Wildman–Crippen MR) is 99.7 cm³/mol. The normalized spacial score (nSPS) is 19.5. The molecule has 4 rings (SSSR count). The van der Waals surface area contributed by atoms with E-state index in [0.29, 0.717) is 18.5 Å². The molecule has 10 heteroatoms. The van der Waals surface area contributed by atoms with Crippen molar-refractivity contribution in [1.82, 2.24) is 5.32 Å². The molecule has 2 aromatic carbocycles. The highest BCUT2D eigenvalue weighted by Gasteiger charge is 2.45. The summed E-state index contributed by atoms with van der Waals surface area (Å²) in [6.07, 6.45) is -4.41. The van der Waals surface area contributed by atoms with Crippen LogP contribution in [-0.4, -0.2) is 24.7 Å². The van der Waals surface area contributed by atoms with Gasteiger partial charge in [-0.2, -0.15) is 23.7 Å². The summed E-state index contributed by atoms with van der Waals surface area (Å²) in [5.41, 5.74) is -0.143. The molecule has 1 fully saturated rings. The molecule has 0 aromatic heterocycles. The molecule has 6 nitrogen and oxygen atoms in total. The summed E-state index contributed by atoms with van der Waals surface area (Å²) in [7, 11) is 0. The monoisotopic (exact) mass is 430 g/mol. The van der Waals surface area contributed by atoms with Crippen LogP contribution in [-0.2, 0) is 4.79 Å². The molecular weight excluding hydrogens is 416 g/mol. The summed E-state index contributed by atoms with van der Waals surface area (Å²) in [5.74, 6) is -2.77. The van der Waals surface area contributed by atoms with Crippen molar-refractivity contribution < 1.29 is 27.1 Å². The lowest BCUT2D eigenvalue weighted by Gasteiger charge is -2.42. The summed E-state index contributed by atoms with van der Waals surface area (Å²) >= 11 is 0. The highest BCUT2D eigenvalue weighted by molar-refractivity contribution is 5.82. The fourth-order valence-electron chi connectivity index (χ4n) is 4.17. The zero-order valence-electron chi connectivity index (χ0n) is 15.8. The number of hydrogen-bond acceptors (Lipinski definition) is 5. The van der Waals surface area contributed by atoms with Crippen molar-refractivity contribution in [3.63, 3.8) is 0 Å². The quantitative estimate of drug-likeness (QED) is 0.690. The Balaban J connectivity index is 1.93. The van der Waals surface area contributed by atoms with Gasteiger partial charge in [-0.15, -0.1) is 0 Å². The molecule has 0 radical (unpaired) electrons. The van der Waals surface area contributed by atoms with E-state index in [9.17, 15) is 32.9 Å². The number of para-hydroxylation sites is 1. The second-order valence-electron chi connectivity index (χ2n) is 7.18. The molecule has 2 aromatic rings. The number of benzene rings is 2. The number of amides is 1. The summed E-state index contributed by atoms with van der Waals surface area (Å²) in [4.78, 5) is 13.3. The first kappa shape index (κ1) is 20.5. The largest absolute Gasteiger partial charge is 0.471 e. The average Bonchev–Trinajstić information content (AvgIpc) is 2.86. The van der Waals surface area contributed by atoms with Crippen molar-refractivity contribution in [3.8, 4) is 23.6 Å². The first-order valence-corrected chi connectivity index (χ1v) is 9.34. The molecule has 1 amide bonds. The molecule has 1 saturated heterocycles. The molecule has 0 unspecified atom stereocenters. The fraction of sp³-hybridized carbons (Fsp3) is 0.286. The Labute approximate surface area is 174 Å². The SMILES string of the molecule is N#Cc1c(F)cc2c(c1C#N)N1CCC[C@@H](NC(=O)C(F)(F)F)[C@@H]1c1ccccc1O2. The number of fused-ring (bicyclic) bond motifs is 5. The van der Waals surface area contributed by atoms with Crippen LogP contribution in [0.1, 0.15) is 35.6 Å². The van der Waals surface area contributed by atoms with Crippen molar-refractivity contribution in [2.75, 3.05) is 11.4 Å². The van der Waals surface area contributed by atoms with E-state index >= 15 is 0 Å². The third-order valence-corrected chi connectivity index (χ3v) is 5.39. The van der Waals surface area contributed by atoms with E-state index in [1.165, 1.54) is 0 Å². The number of nitriles is 2. The Bertz CT molecular complexity index is 1150. The maximum atomic E-state index is 14.5. The van der Waals surface area contributed by atoms with Gasteiger partial charge in [-0.05, 0) is 18.9 Å². The summed E-state index contributed by atoms with van der Waals surface area (Å²) in [6.45, 7) is 0.304. The Morgan fingerprint density at radius 2 is 1.87 bits per heavy atom. The predicted octanol–water partition coefficient (Wildman–Crippen LogP) is 4.06. The number of nitrogens with zero attached hydrogens (tertiary/aromatic N) is 3. The van der Waals surface area contributed by atoms with E-state index in [4.69, 9.17) is 4.74 Å². The van der Waals surface area contributed by atoms with Crippen LogP contribution in [0.3, 0.4) is 0 Å². The van der Waals surface area contributed by atoms with Gasteiger partial charge in [0.1, 0.15) is 35.0 Å². The number of hydrogen-bond donors (Lipinski definition) is 1. The minimum atomic E-state index is -5.06. The number of ether oxygens (including phenoxy) is 1. The van der Waals surface area contributed by atoms with Crippen LogP contribution in [0.15, 0.2) is 30.3 Å². The molecule has 0 bridgehead atoms. The van der Waals surface area contributed by atoms with Gasteiger partial charge in [-0.25, -0.2) is 4.39 Å². The van der Waals surface area contributed by atoms with E-state index in [0.717, 1.165) is 6.07 Å². The van der Waals surface area contributed by atoms with Crippen LogP contribution in [0.5, 0.6) is 11.5 Å². The third-order valence-electron chi connectivity index (χ3n) is 5.39. The standard InChI is InChI=1S/C21H14F4N4O2/c22-14-8-17-19(13(10-27)12(14)9-26)29-7-3-5-15(28-20(30)21(23,24)25)18(29)11-4-1-2-6-16(11)31-17/h1-2,4,6,8,15,18H,3,5,7H2,(H,28,30)/t15-,18+/m1/s1. The topological polar surface area (TPSA) is 89.2 Å². The number of anilines is 1. The molecule has 0 saturated carbocycles. The maximum Gasteiger partial charge on any atom is 0.471 e. The highest BCUT2D eigenvalue weighted by atomic mass is 19.4. The van der Waals surface area contributed by atoms with Crippen molar-refractivity contribution in [1.29, 1.82) is 10.5 Å². The number of carbonyl (C=O) groups is 1. The van der Waals surface area contributed by atoms with Crippen LogP contribution in [0.4, 0.5) is 23.2 Å². The van der Waals surface area contributed by atoms with Gasteiger partial charge < -0.3 is 15.0 Å². The molecule has 2 heterocycles. The first-order valence-electron chi connectivity index (χ1n) is 9.34. The number of halogens is 4. The van der Waals surface area contributed by atoms with Gasteiger partial charge >= 0.3 is 12.1 Å². The minimum absolute atomic E-state index is 0.0224. The number of alkyl halides is 3. The zero-order valence-corrected chi connectivity index (χ0v) is 15.8. The van der Waals surface area contributed by atoms with E-state index in [2.05, 4.69) is 5.32 Å². The van der Waals surface area contributed by atoms with Crippen molar-refractivity contribution >= 4 is 11.6 Å². The maximum absolute atomic E-state index is 14.5. The lowest BCUT2D eigenvalue weighted by Crippen LogP contribution is -2.53. The lowest BCUT2D eigenvalue weighted by atomic mass is 9.88. The van der Waals surface area contributed by atoms with E-state index in [1.807, 2.05) is 6.07 Å². The fourth-order valence-corrected chi connectivity index (χ4v) is 4.17. The van der Waals surface area contributed by atoms with Gasteiger partial charge in [0.05, 0.1) is 17.6 Å². The van der Waals surface area contributed by atoms with Crippen molar-refractivity contribution in [3.05, 3.63) is 52.8 Å². The van der Waals surface area contributed by atoms with Crippen LogP contribution in [0.25, 0.3) is 0 Å². The van der Waals surface area contributed by atoms with Crippen LogP contribution >= 0.6 is 0 Å². The number of piperidine rings is 1. The molecule has 1 N–H and O–H groups in total. The Morgan fingerprint density at radius 1 is 1.16 bits per heavy atom.